The maximum atomic E-state index is 12.1. The van der Waals surface area contributed by atoms with Crippen molar-refractivity contribution >= 4 is 22.8 Å². The van der Waals surface area contributed by atoms with Crippen molar-refractivity contribution in [3.63, 3.8) is 0 Å². The van der Waals surface area contributed by atoms with E-state index in [-0.39, 0.29) is 18.5 Å². The molecule has 0 saturated carbocycles. The summed E-state index contributed by atoms with van der Waals surface area (Å²) >= 11 is 0. The van der Waals surface area contributed by atoms with Gasteiger partial charge in [-0.25, -0.2) is 0 Å². The van der Waals surface area contributed by atoms with Crippen LogP contribution in [0.4, 0.5) is 0 Å². The topological polar surface area (TPSA) is 140 Å². The lowest BCUT2D eigenvalue weighted by molar-refractivity contribution is 0.313. The molecule has 1 rings (SSSR count). The predicted octanol–water partition coefficient (Wildman–Crippen LogP) is 3.61. The normalized spacial score (nSPS) is 18.6. The first-order valence-corrected chi connectivity index (χ1v) is 13.2. The molecule has 0 aromatic heterocycles. The zero-order valence-electron chi connectivity index (χ0n) is 16.3. The Morgan fingerprint density at radius 3 is 0.926 bits per heavy atom. The van der Waals surface area contributed by atoms with Gasteiger partial charge in [0.25, 0.3) is 0 Å². The maximum absolute atomic E-state index is 12.1. The third-order valence-electron chi connectivity index (χ3n) is 4.65. The van der Waals surface area contributed by atoms with Crippen molar-refractivity contribution < 1.29 is 41.9 Å². The summed E-state index contributed by atoms with van der Waals surface area (Å²) in [6.07, 6.45) is -1.02. The van der Waals surface area contributed by atoms with E-state index >= 15 is 0 Å². The highest BCUT2D eigenvalue weighted by molar-refractivity contribution is 7.52. The summed E-state index contributed by atoms with van der Waals surface area (Å²) in [4.78, 5) is 29.7. The highest BCUT2D eigenvalue weighted by atomic mass is 31.2. The first-order valence-electron chi connectivity index (χ1n) is 7.93. The first-order chi connectivity index (χ1) is 12.2. The molecule has 1 aromatic rings. The molecular formula is C15H27O9P3. The van der Waals surface area contributed by atoms with Crippen molar-refractivity contribution in [1.29, 1.82) is 0 Å². The Hall–Kier alpha value is -0.330. The molecule has 0 aliphatic heterocycles. The smallest absolute Gasteiger partial charge is 0.324 e. The zero-order valence-corrected chi connectivity index (χ0v) is 18.9. The molecule has 0 aliphatic carbocycles. The molecule has 3 atom stereocenters. The summed E-state index contributed by atoms with van der Waals surface area (Å²) in [7, 11) is -8.50. The van der Waals surface area contributed by atoms with Gasteiger partial charge in [0, 0.05) is 21.3 Å². The van der Waals surface area contributed by atoms with Crippen LogP contribution in [0.1, 0.15) is 33.4 Å². The Kier molecular flexibility index (Phi) is 8.23. The Labute approximate surface area is 159 Å². The van der Waals surface area contributed by atoms with Crippen LogP contribution in [0, 0.1) is 20.8 Å². The average molecular weight is 444 g/mol. The number of benzene rings is 1. The monoisotopic (exact) mass is 444 g/mol. The summed E-state index contributed by atoms with van der Waals surface area (Å²) < 4.78 is 50.3. The van der Waals surface area contributed by atoms with E-state index in [0.29, 0.717) is 33.4 Å². The maximum Gasteiger partial charge on any atom is 0.332 e. The minimum Gasteiger partial charge on any atom is -0.324 e. The average Bonchev–Trinajstić information content (AvgIpc) is 2.59. The molecule has 0 heterocycles. The Morgan fingerprint density at radius 2 is 0.778 bits per heavy atom. The minimum absolute atomic E-state index is 0.340. The molecule has 156 valence electrons. The highest BCUT2D eigenvalue weighted by Crippen LogP contribution is 2.52. The van der Waals surface area contributed by atoms with Crippen molar-refractivity contribution in [3.8, 4) is 0 Å². The van der Waals surface area contributed by atoms with Gasteiger partial charge in [0.2, 0.25) is 0 Å². The molecule has 9 nitrogen and oxygen atoms in total. The van der Waals surface area contributed by atoms with E-state index < -0.39 is 22.8 Å². The van der Waals surface area contributed by atoms with Crippen LogP contribution in [0.25, 0.3) is 0 Å². The lowest BCUT2D eigenvalue weighted by atomic mass is 9.90. The van der Waals surface area contributed by atoms with Gasteiger partial charge in [0.05, 0.1) is 18.5 Å². The van der Waals surface area contributed by atoms with Crippen LogP contribution in [-0.4, -0.2) is 36.0 Å². The van der Waals surface area contributed by atoms with Crippen LogP contribution in [0.5, 0.6) is 0 Å². The lowest BCUT2D eigenvalue weighted by Crippen LogP contribution is -2.09. The molecule has 0 bridgehead atoms. The molecule has 0 aliphatic rings. The molecule has 0 fully saturated rings. The number of rotatable bonds is 9. The summed E-state index contributed by atoms with van der Waals surface area (Å²) in [6.45, 7) is 4.98. The highest BCUT2D eigenvalue weighted by Gasteiger charge is 2.30. The van der Waals surface area contributed by atoms with Gasteiger partial charge in [-0.15, -0.1) is 0 Å². The quantitative estimate of drug-likeness (QED) is 0.487. The first kappa shape index (κ1) is 24.7. The molecule has 0 amide bonds. The van der Waals surface area contributed by atoms with Gasteiger partial charge in [-0.3, -0.25) is 13.7 Å². The Morgan fingerprint density at radius 1 is 0.593 bits per heavy atom. The standard InChI is InChI=1S/C15H27O9P3/c1-10-13(7-25(16,17)22-4)11(2)15(9-27(20,21)24-6)12(3)14(10)8-26(18,19)23-5/h7-9H2,1-6H3,(H,16,17)(H,18,19)(H,20,21). The fourth-order valence-electron chi connectivity index (χ4n) is 2.89. The zero-order chi connectivity index (χ0) is 21.2. The molecule has 1 aromatic carbocycles. The molecule has 0 radical (unpaired) electrons. The van der Waals surface area contributed by atoms with Gasteiger partial charge in [0.15, 0.2) is 0 Å². The largest absolute Gasteiger partial charge is 0.332 e. The predicted molar refractivity (Wildman–Crippen MR) is 102 cm³/mol. The van der Waals surface area contributed by atoms with Gasteiger partial charge in [-0.2, -0.15) is 0 Å². The molecule has 27 heavy (non-hydrogen) atoms. The minimum atomic E-state index is -3.95. The van der Waals surface area contributed by atoms with E-state index in [2.05, 4.69) is 13.6 Å². The lowest BCUT2D eigenvalue weighted by Gasteiger charge is -2.24. The van der Waals surface area contributed by atoms with Crippen LogP contribution >= 0.6 is 22.8 Å². The summed E-state index contributed by atoms with van der Waals surface area (Å²) in [5.41, 5.74) is 2.88. The van der Waals surface area contributed by atoms with Crippen LogP contribution in [0.2, 0.25) is 0 Å². The second-order valence-corrected chi connectivity index (χ2v) is 12.1. The van der Waals surface area contributed by atoms with Crippen molar-refractivity contribution in [3.05, 3.63) is 33.4 Å². The van der Waals surface area contributed by atoms with E-state index in [0.717, 1.165) is 21.3 Å². The summed E-state index contributed by atoms with van der Waals surface area (Å²) in [5, 5.41) is 0. The second-order valence-electron chi connectivity index (χ2n) is 6.25. The molecule has 0 saturated heterocycles. The fourth-order valence-corrected chi connectivity index (χ4v) is 5.90. The van der Waals surface area contributed by atoms with E-state index in [9.17, 15) is 28.4 Å². The van der Waals surface area contributed by atoms with Gasteiger partial charge >= 0.3 is 22.8 Å². The van der Waals surface area contributed by atoms with Crippen LogP contribution < -0.4 is 0 Å². The van der Waals surface area contributed by atoms with Gasteiger partial charge in [-0.05, 0) is 54.2 Å². The molecule has 3 N–H and O–H groups in total. The summed E-state index contributed by atoms with van der Waals surface area (Å²) in [6, 6.07) is 0. The van der Waals surface area contributed by atoms with Crippen molar-refractivity contribution in [2.45, 2.75) is 39.3 Å². The van der Waals surface area contributed by atoms with Gasteiger partial charge in [-0.1, -0.05) is 0 Å². The van der Waals surface area contributed by atoms with Crippen molar-refractivity contribution in [2.75, 3.05) is 21.3 Å². The SMILES string of the molecule is COP(=O)(O)Cc1c(C)c(CP(=O)(O)OC)c(C)c(CP(=O)(O)OC)c1C. The van der Waals surface area contributed by atoms with E-state index in [1.807, 2.05) is 0 Å². The van der Waals surface area contributed by atoms with Crippen LogP contribution in [-0.2, 0) is 45.8 Å². The Bertz CT molecular complexity index is 719. The third-order valence-corrected chi connectivity index (χ3v) is 8.50. The molecular weight excluding hydrogens is 417 g/mol. The Balaban J connectivity index is 3.75. The van der Waals surface area contributed by atoms with Crippen molar-refractivity contribution in [1.82, 2.24) is 0 Å². The third kappa shape index (κ3) is 6.33. The van der Waals surface area contributed by atoms with E-state index in [1.54, 1.807) is 20.8 Å². The van der Waals surface area contributed by atoms with Crippen LogP contribution in [0.3, 0.4) is 0 Å². The van der Waals surface area contributed by atoms with Crippen molar-refractivity contribution in [2.24, 2.45) is 0 Å². The number of hydrogen-bond acceptors (Lipinski definition) is 6. The van der Waals surface area contributed by atoms with E-state index in [4.69, 9.17) is 0 Å². The van der Waals surface area contributed by atoms with Gasteiger partial charge in [0.1, 0.15) is 0 Å². The molecule has 3 unspecified atom stereocenters. The molecule has 0 spiro atoms. The van der Waals surface area contributed by atoms with Crippen LogP contribution in [0.15, 0.2) is 0 Å². The fraction of sp³-hybridized carbons (Fsp3) is 0.600. The van der Waals surface area contributed by atoms with Gasteiger partial charge < -0.3 is 28.3 Å². The molecule has 12 heteroatoms. The summed E-state index contributed by atoms with van der Waals surface area (Å²) in [5.74, 6) is 0. The van der Waals surface area contributed by atoms with E-state index in [1.165, 1.54) is 0 Å². The second kappa shape index (κ2) is 9.00. The number of hydrogen-bond donors (Lipinski definition) is 3.